The van der Waals surface area contributed by atoms with Crippen LogP contribution in [0, 0.1) is 0 Å². The number of halogens is 1. The lowest BCUT2D eigenvalue weighted by atomic mass is 10.00. The van der Waals surface area contributed by atoms with E-state index in [1.807, 2.05) is 32.2 Å². The van der Waals surface area contributed by atoms with Crippen molar-refractivity contribution >= 4 is 38.9 Å². The Hall–Kier alpha value is -1.55. The smallest absolute Gasteiger partial charge is 0.307 e. The molecule has 0 aliphatic heterocycles. The van der Waals surface area contributed by atoms with Crippen LogP contribution in [-0.2, 0) is 15.1 Å². The number of aromatic nitrogens is 1. The van der Waals surface area contributed by atoms with Gasteiger partial charge >= 0.3 is 5.97 Å². The maximum atomic E-state index is 11.6. The lowest BCUT2D eigenvalue weighted by molar-refractivity contribution is -0.142. The Morgan fingerprint density at radius 2 is 2.20 bits per heavy atom. The first-order valence-electron chi connectivity index (χ1n) is 6.39. The third-order valence-electron chi connectivity index (χ3n) is 3.47. The highest BCUT2D eigenvalue weighted by Gasteiger charge is 2.26. The van der Waals surface area contributed by atoms with Crippen molar-refractivity contribution in [2.45, 2.75) is 25.8 Å². The van der Waals surface area contributed by atoms with Crippen molar-refractivity contribution < 1.29 is 9.53 Å². The van der Waals surface area contributed by atoms with Crippen molar-refractivity contribution in [2.24, 2.45) is 0 Å². The first-order chi connectivity index (χ1) is 9.39. The van der Waals surface area contributed by atoms with Gasteiger partial charge in [-0.3, -0.25) is 4.79 Å². The standard InChI is InChI=1S/C16H18BrNO2/c1-5-11-6-7-14-12(8-11)13(17)10-18(14)16(2,3)9-15(19)20-4/h5-8,10H,1,9H2,2-4H3. The van der Waals surface area contributed by atoms with Crippen LogP contribution in [0.1, 0.15) is 25.8 Å². The minimum Gasteiger partial charge on any atom is -0.469 e. The largest absolute Gasteiger partial charge is 0.469 e. The summed E-state index contributed by atoms with van der Waals surface area (Å²) in [6, 6.07) is 6.15. The van der Waals surface area contributed by atoms with E-state index in [-0.39, 0.29) is 11.5 Å². The van der Waals surface area contributed by atoms with Crippen LogP contribution >= 0.6 is 15.9 Å². The number of carbonyl (C=O) groups is 1. The number of carbonyl (C=O) groups excluding carboxylic acids is 1. The molecule has 4 heteroatoms. The van der Waals surface area contributed by atoms with Crippen LogP contribution in [0.4, 0.5) is 0 Å². The third kappa shape index (κ3) is 2.66. The lowest BCUT2D eigenvalue weighted by Gasteiger charge is -2.27. The molecule has 1 heterocycles. The molecule has 0 amide bonds. The van der Waals surface area contributed by atoms with E-state index in [2.05, 4.69) is 39.2 Å². The van der Waals surface area contributed by atoms with Gasteiger partial charge in [-0.05, 0) is 47.5 Å². The van der Waals surface area contributed by atoms with Crippen molar-refractivity contribution in [3.05, 3.63) is 41.0 Å². The van der Waals surface area contributed by atoms with Crippen molar-refractivity contribution in [3.8, 4) is 0 Å². The SMILES string of the molecule is C=Cc1ccc2c(c1)c(Br)cn2C(C)(C)CC(=O)OC. The summed E-state index contributed by atoms with van der Waals surface area (Å²) in [5.74, 6) is -0.212. The molecule has 0 saturated carbocycles. The zero-order valence-corrected chi connectivity index (χ0v) is 13.5. The van der Waals surface area contributed by atoms with Gasteiger partial charge < -0.3 is 9.30 Å². The molecular weight excluding hydrogens is 318 g/mol. The predicted molar refractivity (Wildman–Crippen MR) is 85.7 cm³/mol. The van der Waals surface area contributed by atoms with E-state index in [9.17, 15) is 4.79 Å². The molecule has 1 aromatic heterocycles. The summed E-state index contributed by atoms with van der Waals surface area (Å²) >= 11 is 3.59. The van der Waals surface area contributed by atoms with E-state index >= 15 is 0 Å². The summed E-state index contributed by atoms with van der Waals surface area (Å²) in [5, 5.41) is 1.11. The number of hydrogen-bond donors (Lipinski definition) is 0. The number of benzene rings is 1. The van der Waals surface area contributed by atoms with E-state index in [0.717, 1.165) is 20.9 Å². The topological polar surface area (TPSA) is 31.2 Å². The van der Waals surface area contributed by atoms with E-state index in [1.165, 1.54) is 7.11 Å². The Morgan fingerprint density at radius 1 is 1.50 bits per heavy atom. The number of hydrogen-bond acceptors (Lipinski definition) is 2. The predicted octanol–water partition coefficient (Wildman–Crippen LogP) is 4.35. The Labute approximate surface area is 127 Å². The molecule has 0 bridgehead atoms. The quantitative estimate of drug-likeness (QED) is 0.778. The Balaban J connectivity index is 2.55. The summed E-state index contributed by atoms with van der Waals surface area (Å²) in [7, 11) is 1.42. The Bertz CT molecular complexity index is 670. The van der Waals surface area contributed by atoms with Gasteiger partial charge in [-0.15, -0.1) is 0 Å². The molecule has 2 aromatic rings. The van der Waals surface area contributed by atoms with Gasteiger partial charge in [0, 0.05) is 27.1 Å². The number of esters is 1. The molecule has 3 nitrogen and oxygen atoms in total. The van der Waals surface area contributed by atoms with Crippen molar-refractivity contribution in [1.82, 2.24) is 4.57 Å². The fourth-order valence-electron chi connectivity index (χ4n) is 2.35. The molecule has 0 fully saturated rings. The van der Waals surface area contributed by atoms with Crippen molar-refractivity contribution in [2.75, 3.05) is 7.11 Å². The normalized spacial score (nSPS) is 11.6. The van der Waals surface area contributed by atoms with Gasteiger partial charge in [0.2, 0.25) is 0 Å². The minimum absolute atomic E-state index is 0.212. The highest BCUT2D eigenvalue weighted by Crippen LogP contribution is 2.33. The molecule has 0 aliphatic carbocycles. The summed E-state index contributed by atoms with van der Waals surface area (Å²) in [6.45, 7) is 7.84. The van der Waals surface area contributed by atoms with Gasteiger partial charge in [-0.25, -0.2) is 0 Å². The maximum absolute atomic E-state index is 11.6. The van der Waals surface area contributed by atoms with Crippen LogP contribution in [0.5, 0.6) is 0 Å². The van der Waals surface area contributed by atoms with Gasteiger partial charge in [-0.1, -0.05) is 18.7 Å². The van der Waals surface area contributed by atoms with Crippen molar-refractivity contribution in [1.29, 1.82) is 0 Å². The van der Waals surface area contributed by atoms with Gasteiger partial charge in [0.25, 0.3) is 0 Å². The van der Waals surface area contributed by atoms with Crippen LogP contribution in [0.2, 0.25) is 0 Å². The first-order valence-corrected chi connectivity index (χ1v) is 7.18. The van der Waals surface area contributed by atoms with E-state index in [4.69, 9.17) is 4.74 Å². The summed E-state index contributed by atoms with van der Waals surface area (Å²) < 4.78 is 7.90. The zero-order chi connectivity index (χ0) is 14.9. The number of nitrogens with zero attached hydrogens (tertiary/aromatic N) is 1. The molecular formula is C16H18BrNO2. The third-order valence-corrected chi connectivity index (χ3v) is 4.10. The highest BCUT2D eigenvalue weighted by molar-refractivity contribution is 9.10. The number of rotatable bonds is 4. The summed E-state index contributed by atoms with van der Waals surface area (Å²) in [6.07, 6.45) is 4.16. The second kappa shape index (κ2) is 5.44. The van der Waals surface area contributed by atoms with Gasteiger partial charge in [0.15, 0.2) is 0 Å². The van der Waals surface area contributed by atoms with Gasteiger partial charge in [-0.2, -0.15) is 0 Å². The fraction of sp³-hybridized carbons (Fsp3) is 0.312. The summed E-state index contributed by atoms with van der Waals surface area (Å²) in [4.78, 5) is 11.6. The monoisotopic (exact) mass is 335 g/mol. The van der Waals surface area contributed by atoms with Crippen LogP contribution in [0.15, 0.2) is 35.4 Å². The number of ether oxygens (including phenoxy) is 1. The molecule has 0 N–H and O–H groups in total. The first kappa shape index (κ1) is 14.9. The summed E-state index contributed by atoms with van der Waals surface area (Å²) in [5.41, 5.74) is 1.80. The molecule has 0 atom stereocenters. The van der Waals surface area contributed by atoms with Crippen LogP contribution in [0.25, 0.3) is 17.0 Å². The molecule has 106 valence electrons. The van der Waals surface area contributed by atoms with E-state index in [0.29, 0.717) is 6.42 Å². The van der Waals surface area contributed by atoms with Crippen LogP contribution in [0.3, 0.4) is 0 Å². The fourth-order valence-corrected chi connectivity index (χ4v) is 2.87. The Kier molecular flexibility index (Phi) is 4.04. The zero-order valence-electron chi connectivity index (χ0n) is 11.9. The van der Waals surface area contributed by atoms with Gasteiger partial charge in [0.1, 0.15) is 0 Å². The average Bonchev–Trinajstić information content (AvgIpc) is 2.76. The molecule has 0 radical (unpaired) electrons. The second-order valence-corrected chi connectivity index (χ2v) is 6.25. The molecule has 0 unspecified atom stereocenters. The molecule has 0 saturated heterocycles. The molecule has 1 aromatic carbocycles. The van der Waals surface area contributed by atoms with E-state index < -0.39 is 0 Å². The van der Waals surface area contributed by atoms with Gasteiger partial charge in [0.05, 0.1) is 13.5 Å². The highest BCUT2D eigenvalue weighted by atomic mass is 79.9. The molecule has 0 spiro atoms. The average molecular weight is 336 g/mol. The minimum atomic E-state index is -0.354. The molecule has 20 heavy (non-hydrogen) atoms. The Morgan fingerprint density at radius 3 is 2.80 bits per heavy atom. The van der Waals surface area contributed by atoms with E-state index in [1.54, 1.807) is 0 Å². The van der Waals surface area contributed by atoms with Crippen molar-refractivity contribution in [3.63, 3.8) is 0 Å². The van der Waals surface area contributed by atoms with Crippen LogP contribution < -0.4 is 0 Å². The molecule has 2 rings (SSSR count). The number of methoxy groups -OCH3 is 1. The number of fused-ring (bicyclic) bond motifs is 1. The maximum Gasteiger partial charge on any atom is 0.307 e. The van der Waals surface area contributed by atoms with Crippen LogP contribution in [-0.4, -0.2) is 17.6 Å². The second-order valence-electron chi connectivity index (χ2n) is 5.39. The molecule has 0 aliphatic rings. The lowest BCUT2D eigenvalue weighted by Crippen LogP contribution is -2.29.